The summed E-state index contributed by atoms with van der Waals surface area (Å²) in [6.45, 7) is 0.891. The van der Waals surface area contributed by atoms with E-state index in [2.05, 4.69) is 14.9 Å². The Morgan fingerprint density at radius 2 is 2.06 bits per heavy atom. The summed E-state index contributed by atoms with van der Waals surface area (Å²) < 4.78 is 0. The molecule has 0 aliphatic rings. The van der Waals surface area contributed by atoms with E-state index in [0.29, 0.717) is 0 Å². The van der Waals surface area contributed by atoms with Crippen LogP contribution in [-0.2, 0) is 13.0 Å². The highest BCUT2D eigenvalue weighted by atomic mass is 16.3. The molecule has 0 saturated carbocycles. The molecule has 0 bridgehead atoms. The maximum Gasteiger partial charge on any atom is 0.128 e. The molecule has 0 amide bonds. The lowest BCUT2D eigenvalue weighted by atomic mass is 10.2. The molecule has 0 unspecified atom stereocenters. The van der Waals surface area contributed by atoms with Crippen LogP contribution in [0.5, 0.6) is 0 Å². The Bertz CT molecular complexity index is 487. The van der Waals surface area contributed by atoms with E-state index in [0.717, 1.165) is 30.0 Å². The number of nitrogens with zero attached hydrogens (tertiary/aromatic N) is 3. The zero-order chi connectivity index (χ0) is 12.8. The molecule has 0 atom stereocenters. The van der Waals surface area contributed by atoms with Crippen LogP contribution in [0.1, 0.15) is 11.3 Å². The highest BCUT2D eigenvalue weighted by molar-refractivity contribution is 5.40. The van der Waals surface area contributed by atoms with Gasteiger partial charge >= 0.3 is 0 Å². The molecule has 1 N–H and O–H groups in total. The largest absolute Gasteiger partial charge is 0.392 e. The highest BCUT2D eigenvalue weighted by Crippen LogP contribution is 2.11. The van der Waals surface area contributed by atoms with Gasteiger partial charge in [0.2, 0.25) is 0 Å². The summed E-state index contributed by atoms with van der Waals surface area (Å²) in [7, 11) is 1.99. The molecule has 4 heteroatoms. The second-order valence-electron chi connectivity index (χ2n) is 4.17. The predicted molar refractivity (Wildman–Crippen MR) is 71.4 cm³/mol. The fourth-order valence-electron chi connectivity index (χ4n) is 1.71. The molecular weight excluding hydrogens is 226 g/mol. The Morgan fingerprint density at radius 1 is 1.17 bits per heavy atom. The van der Waals surface area contributed by atoms with Gasteiger partial charge in [0.15, 0.2) is 0 Å². The maximum atomic E-state index is 9.10. The average molecular weight is 243 g/mol. The van der Waals surface area contributed by atoms with Crippen molar-refractivity contribution >= 4 is 5.82 Å². The number of hydrogen-bond donors (Lipinski definition) is 1. The van der Waals surface area contributed by atoms with Crippen molar-refractivity contribution in [2.24, 2.45) is 0 Å². The Hall–Kier alpha value is -1.94. The minimum Gasteiger partial charge on any atom is -0.392 e. The molecule has 0 saturated heterocycles. The number of aromatic nitrogens is 2. The van der Waals surface area contributed by atoms with Crippen LogP contribution in [0.4, 0.5) is 5.82 Å². The van der Waals surface area contributed by atoms with Gasteiger partial charge in [-0.05, 0) is 29.8 Å². The molecular formula is C14H17N3O. The van der Waals surface area contributed by atoms with Crippen molar-refractivity contribution < 1.29 is 5.11 Å². The van der Waals surface area contributed by atoms with Crippen LogP contribution in [0, 0.1) is 0 Å². The van der Waals surface area contributed by atoms with Crippen LogP contribution in [-0.4, -0.2) is 28.7 Å². The van der Waals surface area contributed by atoms with Crippen LogP contribution >= 0.6 is 0 Å². The van der Waals surface area contributed by atoms with Crippen LogP contribution in [0.25, 0.3) is 0 Å². The van der Waals surface area contributed by atoms with Gasteiger partial charge in [0, 0.05) is 38.1 Å². The fraction of sp³-hybridized carbons (Fsp3) is 0.286. The molecule has 0 aromatic carbocycles. The number of aliphatic hydroxyl groups is 1. The van der Waals surface area contributed by atoms with Crippen molar-refractivity contribution in [3.8, 4) is 0 Å². The zero-order valence-electron chi connectivity index (χ0n) is 10.5. The van der Waals surface area contributed by atoms with Crippen molar-refractivity contribution in [2.45, 2.75) is 13.0 Å². The Labute approximate surface area is 107 Å². The first-order valence-corrected chi connectivity index (χ1v) is 5.96. The number of likely N-dealkylation sites (N-methyl/N-ethyl adjacent to an activating group) is 1. The molecule has 2 rings (SSSR count). The number of aliphatic hydroxyl groups excluding tert-OH is 1. The van der Waals surface area contributed by atoms with Crippen molar-refractivity contribution in [1.29, 1.82) is 0 Å². The van der Waals surface area contributed by atoms with Gasteiger partial charge < -0.3 is 10.0 Å². The topological polar surface area (TPSA) is 49.2 Å². The number of anilines is 1. The average Bonchev–Trinajstić information content (AvgIpc) is 2.46. The van der Waals surface area contributed by atoms with Gasteiger partial charge in [-0.2, -0.15) is 0 Å². The third-order valence-electron chi connectivity index (χ3n) is 2.81. The van der Waals surface area contributed by atoms with Gasteiger partial charge in [-0.15, -0.1) is 0 Å². The molecule has 0 aliphatic heterocycles. The van der Waals surface area contributed by atoms with Crippen LogP contribution in [0.15, 0.2) is 42.7 Å². The van der Waals surface area contributed by atoms with Crippen molar-refractivity contribution in [3.63, 3.8) is 0 Å². The minimum absolute atomic E-state index is 0.0452. The molecule has 0 radical (unpaired) electrons. The second kappa shape index (κ2) is 6.12. The molecule has 0 spiro atoms. The summed E-state index contributed by atoms with van der Waals surface area (Å²) in [5, 5.41) is 9.10. The first-order chi connectivity index (χ1) is 8.79. The molecule has 2 aromatic heterocycles. The quantitative estimate of drug-likeness (QED) is 0.867. The molecule has 94 valence electrons. The molecule has 2 heterocycles. The molecule has 4 nitrogen and oxygen atoms in total. The molecule has 0 aliphatic carbocycles. The van der Waals surface area contributed by atoms with Crippen LogP contribution in [0.3, 0.4) is 0 Å². The Balaban J connectivity index is 1.97. The smallest absolute Gasteiger partial charge is 0.128 e. The van der Waals surface area contributed by atoms with E-state index in [4.69, 9.17) is 5.11 Å². The lowest BCUT2D eigenvalue weighted by Crippen LogP contribution is -2.21. The normalized spacial score (nSPS) is 10.3. The van der Waals surface area contributed by atoms with Crippen LogP contribution in [0.2, 0.25) is 0 Å². The van der Waals surface area contributed by atoms with Crippen molar-refractivity contribution in [2.75, 3.05) is 18.5 Å². The molecule has 0 fully saturated rings. The Kier molecular flexibility index (Phi) is 4.25. The number of rotatable bonds is 5. The summed E-state index contributed by atoms with van der Waals surface area (Å²) in [6, 6.07) is 9.65. The maximum absolute atomic E-state index is 9.10. The first-order valence-electron chi connectivity index (χ1n) is 5.96. The summed E-state index contributed by atoms with van der Waals surface area (Å²) >= 11 is 0. The molecule has 18 heavy (non-hydrogen) atoms. The number of hydrogen-bond acceptors (Lipinski definition) is 4. The van der Waals surface area contributed by atoms with E-state index in [1.54, 1.807) is 12.4 Å². The van der Waals surface area contributed by atoms with Crippen molar-refractivity contribution in [3.05, 3.63) is 54.0 Å². The van der Waals surface area contributed by atoms with Crippen molar-refractivity contribution in [1.82, 2.24) is 9.97 Å². The summed E-state index contributed by atoms with van der Waals surface area (Å²) in [5.74, 6) is 0.873. The number of pyridine rings is 2. The first kappa shape index (κ1) is 12.5. The monoisotopic (exact) mass is 243 g/mol. The third kappa shape index (κ3) is 3.28. The second-order valence-corrected chi connectivity index (χ2v) is 4.17. The van der Waals surface area contributed by atoms with E-state index in [1.807, 2.05) is 37.4 Å². The van der Waals surface area contributed by atoms with E-state index < -0.39 is 0 Å². The standard InChI is InChI=1S/C14H17N3O/c1-17(9-6-13-4-2-3-7-15-13)14-10-12(11-18)5-8-16-14/h2-5,7-8,10,18H,6,9,11H2,1H3. The van der Waals surface area contributed by atoms with E-state index in [-0.39, 0.29) is 6.61 Å². The summed E-state index contributed by atoms with van der Waals surface area (Å²) in [5.41, 5.74) is 1.95. The van der Waals surface area contributed by atoms with Gasteiger partial charge in [0.05, 0.1) is 6.61 Å². The SMILES string of the molecule is CN(CCc1ccccn1)c1cc(CO)ccn1. The highest BCUT2D eigenvalue weighted by Gasteiger charge is 2.04. The third-order valence-corrected chi connectivity index (χ3v) is 2.81. The van der Waals surface area contributed by atoms with E-state index in [1.165, 1.54) is 0 Å². The van der Waals surface area contributed by atoms with Gasteiger partial charge in [0.1, 0.15) is 5.82 Å². The van der Waals surface area contributed by atoms with Gasteiger partial charge in [-0.25, -0.2) is 4.98 Å². The van der Waals surface area contributed by atoms with Gasteiger partial charge in [-0.3, -0.25) is 4.98 Å². The summed E-state index contributed by atoms with van der Waals surface area (Å²) in [4.78, 5) is 10.6. The van der Waals surface area contributed by atoms with E-state index in [9.17, 15) is 0 Å². The van der Waals surface area contributed by atoms with E-state index >= 15 is 0 Å². The Morgan fingerprint density at radius 3 is 2.78 bits per heavy atom. The lowest BCUT2D eigenvalue weighted by molar-refractivity contribution is 0.281. The molecule has 2 aromatic rings. The van der Waals surface area contributed by atoms with Gasteiger partial charge in [0.25, 0.3) is 0 Å². The van der Waals surface area contributed by atoms with Crippen LogP contribution < -0.4 is 4.90 Å². The fourth-order valence-corrected chi connectivity index (χ4v) is 1.71. The minimum atomic E-state index is 0.0452. The predicted octanol–water partition coefficient (Wildman–Crippen LogP) is 1.65. The van der Waals surface area contributed by atoms with Gasteiger partial charge in [-0.1, -0.05) is 6.07 Å². The lowest BCUT2D eigenvalue weighted by Gasteiger charge is -2.18. The summed E-state index contributed by atoms with van der Waals surface area (Å²) in [6.07, 6.45) is 4.40. The zero-order valence-corrected chi connectivity index (χ0v) is 10.5.